The minimum atomic E-state index is -4.56. The molecule has 7 nitrogen and oxygen atoms in total. The van der Waals surface area contributed by atoms with Gasteiger partial charge in [0, 0.05) is 5.69 Å². The molecule has 2 aliphatic carbocycles. The Hall–Kier alpha value is -2.94. The Bertz CT molecular complexity index is 1170. The van der Waals surface area contributed by atoms with Gasteiger partial charge in [0.1, 0.15) is 10.7 Å². The lowest BCUT2D eigenvalue weighted by atomic mass is 9.93. The molecule has 0 aromatic heterocycles. The largest absolute Gasteiger partial charge is 0.465 e. The molecule has 2 aromatic carbocycles. The monoisotopic (exact) mass is 446 g/mol. The van der Waals surface area contributed by atoms with Gasteiger partial charge in [-0.15, -0.1) is 0 Å². The molecule has 2 N–H and O–H groups in total. The summed E-state index contributed by atoms with van der Waals surface area (Å²) in [6.07, 6.45) is 5.49. The van der Waals surface area contributed by atoms with Crippen molar-refractivity contribution < 1.29 is 27.1 Å². The number of carbonyl (C=O) groups excluding carboxylic acids is 2. The van der Waals surface area contributed by atoms with Gasteiger partial charge >= 0.3 is 12.0 Å². The van der Waals surface area contributed by atoms with Crippen molar-refractivity contribution in [3.8, 4) is 0 Å². The van der Waals surface area contributed by atoms with Crippen molar-refractivity contribution in [2.24, 2.45) is 0 Å². The Labute approximate surface area is 180 Å². The van der Waals surface area contributed by atoms with E-state index in [0.29, 0.717) is 5.69 Å². The molecule has 2 aromatic rings. The summed E-state index contributed by atoms with van der Waals surface area (Å²) in [7, 11) is -3.43. The number of sulfonamides is 1. The van der Waals surface area contributed by atoms with Gasteiger partial charge in [0.05, 0.1) is 12.7 Å². The number of carbonyl (C=O) groups is 2. The second-order valence-corrected chi connectivity index (χ2v) is 9.47. The van der Waals surface area contributed by atoms with Gasteiger partial charge in [0.2, 0.25) is 0 Å². The number of rotatable bonds is 4. The van der Waals surface area contributed by atoms with Crippen LogP contribution in [-0.4, -0.2) is 27.5 Å². The quantitative estimate of drug-likeness (QED) is 0.701. The Balaban J connectivity index is 1.63. The van der Waals surface area contributed by atoms with E-state index in [1.54, 1.807) is 0 Å². The molecule has 164 valence electrons. The highest BCUT2D eigenvalue weighted by Crippen LogP contribution is 2.41. The summed E-state index contributed by atoms with van der Waals surface area (Å²) in [6.45, 7) is 2.11. The van der Waals surface area contributed by atoms with Gasteiger partial charge in [-0.1, -0.05) is 0 Å². The first kappa shape index (κ1) is 21.3. The summed E-state index contributed by atoms with van der Waals surface area (Å²) in [5, 5.41) is 2.72. The van der Waals surface area contributed by atoms with Crippen molar-refractivity contribution in [3.63, 3.8) is 0 Å². The smallest absolute Gasteiger partial charge is 0.337 e. The van der Waals surface area contributed by atoms with Crippen molar-refractivity contribution in [1.82, 2.24) is 4.72 Å². The van der Waals surface area contributed by atoms with Crippen molar-refractivity contribution in [2.75, 3.05) is 12.4 Å². The fraction of sp³-hybridized carbons (Fsp3) is 0.364. The van der Waals surface area contributed by atoms with E-state index in [0.717, 1.165) is 75.0 Å². The molecule has 0 heterocycles. The number of anilines is 1. The molecule has 9 heteroatoms. The molecular weight excluding hydrogens is 423 g/mol. The summed E-state index contributed by atoms with van der Waals surface area (Å²) in [5.41, 5.74) is 6.40. The number of amides is 2. The van der Waals surface area contributed by atoms with Crippen molar-refractivity contribution in [3.05, 3.63) is 57.4 Å². The van der Waals surface area contributed by atoms with Crippen LogP contribution in [0.3, 0.4) is 0 Å². The predicted octanol–water partition coefficient (Wildman–Crippen LogP) is 3.41. The van der Waals surface area contributed by atoms with Gasteiger partial charge in [-0.2, -0.15) is 0 Å². The number of nitrogens with one attached hydrogen (secondary N) is 2. The molecular formula is C22H23FN2O5S. The first-order chi connectivity index (χ1) is 14.7. The predicted molar refractivity (Wildman–Crippen MR) is 112 cm³/mol. The average molecular weight is 447 g/mol. The van der Waals surface area contributed by atoms with E-state index >= 15 is 0 Å². The van der Waals surface area contributed by atoms with Crippen LogP contribution in [0, 0.1) is 12.7 Å². The Morgan fingerprint density at radius 1 is 1.00 bits per heavy atom. The molecule has 0 bridgehead atoms. The van der Waals surface area contributed by atoms with Gasteiger partial charge < -0.3 is 10.1 Å². The van der Waals surface area contributed by atoms with Crippen LogP contribution in [-0.2, 0) is 40.4 Å². The van der Waals surface area contributed by atoms with E-state index in [-0.39, 0.29) is 5.56 Å². The molecule has 0 aliphatic heterocycles. The van der Waals surface area contributed by atoms with E-state index in [4.69, 9.17) is 0 Å². The van der Waals surface area contributed by atoms with E-state index in [9.17, 15) is 22.4 Å². The van der Waals surface area contributed by atoms with Gasteiger partial charge in [-0.05, 0) is 91.5 Å². The number of esters is 1. The molecule has 0 saturated carbocycles. The summed E-state index contributed by atoms with van der Waals surface area (Å²) in [4.78, 5) is 23.5. The highest BCUT2D eigenvalue weighted by Gasteiger charge is 2.29. The van der Waals surface area contributed by atoms with E-state index in [1.165, 1.54) is 16.7 Å². The second-order valence-electron chi connectivity index (χ2n) is 7.82. The van der Waals surface area contributed by atoms with Crippen LogP contribution in [0.25, 0.3) is 0 Å². The fourth-order valence-corrected chi connectivity index (χ4v) is 5.66. The zero-order valence-electron chi connectivity index (χ0n) is 17.3. The highest BCUT2D eigenvalue weighted by atomic mass is 32.2. The molecule has 31 heavy (non-hydrogen) atoms. The highest BCUT2D eigenvalue weighted by molar-refractivity contribution is 7.90. The second kappa shape index (κ2) is 7.96. The third-order valence-electron chi connectivity index (χ3n) is 6.05. The number of benzene rings is 2. The summed E-state index contributed by atoms with van der Waals surface area (Å²) in [5.74, 6) is -1.89. The minimum Gasteiger partial charge on any atom is -0.465 e. The van der Waals surface area contributed by atoms with E-state index in [1.807, 2.05) is 4.72 Å². The lowest BCUT2D eigenvalue weighted by molar-refractivity contribution is 0.0600. The van der Waals surface area contributed by atoms with Crippen LogP contribution >= 0.6 is 0 Å². The average Bonchev–Trinajstić information content (AvgIpc) is 3.40. The third-order valence-corrected chi connectivity index (χ3v) is 7.40. The first-order valence-electron chi connectivity index (χ1n) is 10.1. The SMILES string of the molecule is COC(=O)c1ccc(F)c(S(=O)(=O)NC(=O)Nc2c3c(c(C)c4c2CCC4)CCC3)c1. The zero-order valence-corrected chi connectivity index (χ0v) is 18.1. The number of methoxy groups -OCH3 is 1. The maximum atomic E-state index is 14.2. The maximum absolute atomic E-state index is 14.2. The molecule has 0 radical (unpaired) electrons. The number of ether oxygens (including phenoxy) is 1. The lowest BCUT2D eigenvalue weighted by Crippen LogP contribution is -2.35. The molecule has 0 atom stereocenters. The molecule has 4 rings (SSSR count). The molecule has 0 unspecified atom stereocenters. The number of urea groups is 1. The van der Waals surface area contributed by atoms with E-state index < -0.39 is 32.7 Å². The van der Waals surface area contributed by atoms with Gasteiger partial charge in [-0.3, -0.25) is 0 Å². The van der Waals surface area contributed by atoms with Crippen molar-refractivity contribution >= 4 is 27.7 Å². The fourth-order valence-electron chi connectivity index (χ4n) is 4.65. The van der Waals surface area contributed by atoms with Crippen LogP contribution in [0.1, 0.15) is 51.0 Å². The third kappa shape index (κ3) is 3.78. The number of hydrogen-bond donors (Lipinski definition) is 2. The van der Waals surface area contributed by atoms with Gasteiger partial charge in [0.25, 0.3) is 10.0 Å². The summed E-state index contributed by atoms with van der Waals surface area (Å²) < 4.78 is 46.0. The Kier molecular flexibility index (Phi) is 5.47. The number of fused-ring (bicyclic) bond motifs is 2. The van der Waals surface area contributed by atoms with Crippen LogP contribution in [0.15, 0.2) is 23.1 Å². The molecule has 2 aliphatic rings. The number of hydrogen-bond acceptors (Lipinski definition) is 5. The molecule has 0 saturated heterocycles. The van der Waals surface area contributed by atoms with Gasteiger partial charge in [0.15, 0.2) is 0 Å². The Morgan fingerprint density at radius 2 is 1.58 bits per heavy atom. The minimum absolute atomic E-state index is 0.140. The summed E-state index contributed by atoms with van der Waals surface area (Å²) in [6, 6.07) is 1.84. The standard InChI is InChI=1S/C22H23FN2O5S/c1-12-14-5-3-7-16(14)20(17-8-4-6-15(12)17)24-22(27)25-31(28,29)19-11-13(21(26)30-2)9-10-18(19)23/h9-11H,3-8H2,1-2H3,(H2,24,25,27). The zero-order chi connectivity index (χ0) is 22.3. The van der Waals surface area contributed by atoms with Crippen LogP contribution in [0.5, 0.6) is 0 Å². The normalized spacial score (nSPS) is 14.7. The molecule has 0 spiro atoms. The van der Waals surface area contributed by atoms with Gasteiger partial charge in [-0.25, -0.2) is 27.1 Å². The number of halogens is 1. The summed E-state index contributed by atoms with van der Waals surface area (Å²) >= 11 is 0. The maximum Gasteiger partial charge on any atom is 0.337 e. The Morgan fingerprint density at radius 3 is 2.16 bits per heavy atom. The van der Waals surface area contributed by atoms with Crippen LogP contribution in [0.2, 0.25) is 0 Å². The van der Waals surface area contributed by atoms with Crippen molar-refractivity contribution in [2.45, 2.75) is 50.3 Å². The van der Waals surface area contributed by atoms with Crippen molar-refractivity contribution in [1.29, 1.82) is 0 Å². The topological polar surface area (TPSA) is 102 Å². The van der Waals surface area contributed by atoms with Crippen LogP contribution < -0.4 is 10.0 Å². The molecule has 0 fully saturated rings. The lowest BCUT2D eigenvalue weighted by Gasteiger charge is -2.19. The molecule has 2 amide bonds. The van der Waals surface area contributed by atoms with Crippen LogP contribution in [0.4, 0.5) is 14.9 Å². The van der Waals surface area contributed by atoms with E-state index in [2.05, 4.69) is 17.0 Å². The first-order valence-corrected chi connectivity index (χ1v) is 11.6.